The molecule has 0 saturated carbocycles. The molecule has 198 valence electrons. The quantitative estimate of drug-likeness (QED) is 0.224. The minimum atomic E-state index is -5.22. The Hall–Kier alpha value is -3.24. The number of alkyl halides is 3. The monoisotopic (exact) mass is 538 g/mol. The number of rotatable bonds is 8. The molecule has 37 heavy (non-hydrogen) atoms. The first-order valence-electron chi connectivity index (χ1n) is 11.8. The summed E-state index contributed by atoms with van der Waals surface area (Å²) in [7, 11) is 1.97. The highest BCUT2D eigenvalue weighted by Gasteiger charge is 2.43. The fourth-order valence-electron chi connectivity index (χ4n) is 4.41. The van der Waals surface area contributed by atoms with Gasteiger partial charge in [0.05, 0.1) is 18.5 Å². The molecule has 0 radical (unpaired) electrons. The van der Waals surface area contributed by atoms with Crippen LogP contribution in [-0.2, 0) is 45.8 Å². The molecule has 0 unspecified atom stereocenters. The molecule has 7 nitrogen and oxygen atoms in total. The summed E-state index contributed by atoms with van der Waals surface area (Å²) in [5.41, 5.74) is 4.57. The molecule has 0 aliphatic carbocycles. The highest BCUT2D eigenvalue weighted by Crippen LogP contribution is 2.32. The molecule has 0 atom stereocenters. The standard InChI is InChI=1S/C26H26ClF3N2O5/c1-31-22-15-19(35-14-2-3-17-4-6-18(27)7-5-17)8-9-20(22)21-10-12-32(16-23(21)31)13-11-24(33)36-37-25(34)26(28,29)30/h4-9,15H,2-3,10-14,16H2,1H3. The molecule has 11 heteroatoms. The van der Waals surface area contributed by atoms with Crippen molar-refractivity contribution in [2.45, 2.75) is 38.4 Å². The second-order valence-corrected chi connectivity index (χ2v) is 9.28. The first-order chi connectivity index (χ1) is 17.6. The molecule has 0 spiro atoms. The van der Waals surface area contributed by atoms with E-state index >= 15 is 0 Å². The lowest BCUT2D eigenvalue weighted by molar-refractivity contribution is -0.285. The number of hydrogen-bond acceptors (Lipinski definition) is 6. The smallest absolute Gasteiger partial charge is 0.494 e. The van der Waals surface area contributed by atoms with E-state index in [1.165, 1.54) is 11.1 Å². The topological polar surface area (TPSA) is 70.0 Å². The van der Waals surface area contributed by atoms with Crippen molar-refractivity contribution in [2.24, 2.45) is 7.05 Å². The van der Waals surface area contributed by atoms with E-state index in [0.29, 0.717) is 19.7 Å². The van der Waals surface area contributed by atoms with Gasteiger partial charge in [-0.05, 0) is 54.7 Å². The normalized spacial score (nSPS) is 13.9. The second kappa shape index (κ2) is 11.4. The Morgan fingerprint density at radius 3 is 2.57 bits per heavy atom. The third kappa shape index (κ3) is 6.75. The maximum Gasteiger partial charge on any atom is 0.495 e. The van der Waals surface area contributed by atoms with Crippen molar-refractivity contribution in [1.29, 1.82) is 0 Å². The number of aromatic nitrogens is 1. The zero-order valence-electron chi connectivity index (χ0n) is 20.1. The van der Waals surface area contributed by atoms with Crippen molar-refractivity contribution in [3.05, 3.63) is 64.3 Å². The van der Waals surface area contributed by atoms with Crippen molar-refractivity contribution in [3.63, 3.8) is 0 Å². The van der Waals surface area contributed by atoms with Gasteiger partial charge in [-0.1, -0.05) is 23.7 Å². The van der Waals surface area contributed by atoms with Crippen LogP contribution in [0.25, 0.3) is 10.9 Å². The molecule has 1 aliphatic heterocycles. The number of benzene rings is 2. The summed E-state index contributed by atoms with van der Waals surface area (Å²) in [6, 6.07) is 13.8. The Bertz CT molecular complexity index is 1270. The number of carbonyl (C=O) groups is 2. The van der Waals surface area contributed by atoms with Gasteiger partial charge >= 0.3 is 18.1 Å². The number of nitrogens with zero attached hydrogens (tertiary/aromatic N) is 2. The first kappa shape index (κ1) is 26.8. The van der Waals surface area contributed by atoms with Crippen molar-refractivity contribution < 1.29 is 37.3 Å². The lowest BCUT2D eigenvalue weighted by Crippen LogP contribution is -2.33. The van der Waals surface area contributed by atoms with Crippen LogP contribution in [-0.4, -0.2) is 47.3 Å². The number of carbonyl (C=O) groups excluding carboxylic acids is 2. The van der Waals surface area contributed by atoms with Crippen LogP contribution in [0.4, 0.5) is 13.2 Å². The van der Waals surface area contributed by atoms with Crippen molar-refractivity contribution >= 4 is 34.4 Å². The summed E-state index contributed by atoms with van der Waals surface area (Å²) in [4.78, 5) is 31.9. The molecule has 1 aliphatic rings. The van der Waals surface area contributed by atoms with Gasteiger partial charge in [-0.25, -0.2) is 19.4 Å². The van der Waals surface area contributed by atoms with E-state index in [2.05, 4.69) is 20.4 Å². The van der Waals surface area contributed by atoms with Crippen LogP contribution in [0.15, 0.2) is 42.5 Å². The summed E-state index contributed by atoms with van der Waals surface area (Å²) in [6.07, 6.45) is -2.91. The Morgan fingerprint density at radius 1 is 1.08 bits per heavy atom. The summed E-state index contributed by atoms with van der Waals surface area (Å²) < 4.78 is 44.5. The van der Waals surface area contributed by atoms with E-state index in [4.69, 9.17) is 16.3 Å². The van der Waals surface area contributed by atoms with Gasteiger partial charge in [0.15, 0.2) is 0 Å². The zero-order chi connectivity index (χ0) is 26.6. The number of fused-ring (bicyclic) bond motifs is 3. The van der Waals surface area contributed by atoms with Gasteiger partial charge in [0.2, 0.25) is 0 Å². The molecule has 0 N–H and O–H groups in total. The summed E-state index contributed by atoms with van der Waals surface area (Å²) in [5.74, 6) is -2.82. The fraction of sp³-hybridized carbons (Fsp3) is 0.385. The minimum absolute atomic E-state index is 0.210. The number of halogens is 4. The lowest BCUT2D eigenvalue weighted by atomic mass is 10.0. The second-order valence-electron chi connectivity index (χ2n) is 8.84. The molecule has 4 rings (SSSR count). The van der Waals surface area contributed by atoms with E-state index in [1.54, 1.807) is 0 Å². The number of hydrogen-bond donors (Lipinski definition) is 0. The molecule has 0 saturated heterocycles. The summed E-state index contributed by atoms with van der Waals surface area (Å²) in [6.45, 7) is 2.07. The maximum atomic E-state index is 12.1. The first-order valence-corrected chi connectivity index (χ1v) is 12.2. The minimum Gasteiger partial charge on any atom is -0.494 e. The Labute approximate surface area is 216 Å². The molecule has 3 aromatic rings. The van der Waals surface area contributed by atoms with Crippen LogP contribution < -0.4 is 4.74 Å². The Balaban J connectivity index is 1.30. The van der Waals surface area contributed by atoms with Crippen molar-refractivity contribution in [2.75, 3.05) is 19.7 Å². The predicted molar refractivity (Wildman–Crippen MR) is 130 cm³/mol. The SMILES string of the molecule is Cn1c2c(c3ccc(OCCCc4ccc(Cl)cc4)cc31)CCN(CCC(=O)OOC(=O)C(F)(F)F)C2. The van der Waals surface area contributed by atoms with E-state index in [9.17, 15) is 22.8 Å². The molecule has 0 fully saturated rings. The molecule has 0 amide bonds. The van der Waals surface area contributed by atoms with Gasteiger partial charge in [-0.3, -0.25) is 4.90 Å². The maximum absolute atomic E-state index is 12.1. The van der Waals surface area contributed by atoms with Gasteiger partial charge in [-0.15, -0.1) is 0 Å². The lowest BCUT2D eigenvalue weighted by Gasteiger charge is -2.27. The largest absolute Gasteiger partial charge is 0.495 e. The molecule has 1 aromatic heterocycles. The number of aryl methyl sites for hydroxylation is 2. The van der Waals surface area contributed by atoms with Gasteiger partial charge < -0.3 is 9.30 Å². The van der Waals surface area contributed by atoms with Gasteiger partial charge in [-0.2, -0.15) is 13.2 Å². The highest BCUT2D eigenvalue weighted by molar-refractivity contribution is 6.30. The van der Waals surface area contributed by atoms with E-state index in [1.807, 2.05) is 48.3 Å². The molecular weight excluding hydrogens is 513 g/mol. The highest BCUT2D eigenvalue weighted by atomic mass is 35.5. The van der Waals surface area contributed by atoms with E-state index in [0.717, 1.165) is 46.6 Å². The van der Waals surface area contributed by atoms with Crippen LogP contribution in [0.2, 0.25) is 5.02 Å². The Kier molecular flexibility index (Phi) is 8.29. The molecule has 2 heterocycles. The van der Waals surface area contributed by atoms with E-state index in [-0.39, 0.29) is 13.0 Å². The molecular formula is C26H26ClF3N2O5. The van der Waals surface area contributed by atoms with Crippen LogP contribution in [0.5, 0.6) is 5.75 Å². The zero-order valence-corrected chi connectivity index (χ0v) is 20.9. The third-order valence-corrected chi connectivity index (χ3v) is 6.58. The third-order valence-electron chi connectivity index (χ3n) is 6.33. The van der Waals surface area contributed by atoms with Crippen LogP contribution >= 0.6 is 11.6 Å². The molecule has 0 bridgehead atoms. The predicted octanol–water partition coefficient (Wildman–Crippen LogP) is 5.16. The van der Waals surface area contributed by atoms with Crippen molar-refractivity contribution in [3.8, 4) is 5.75 Å². The molecule has 2 aromatic carbocycles. The van der Waals surface area contributed by atoms with Crippen LogP contribution in [0.1, 0.15) is 29.7 Å². The van der Waals surface area contributed by atoms with E-state index < -0.39 is 18.1 Å². The summed E-state index contributed by atoms with van der Waals surface area (Å²) in [5, 5.41) is 1.86. The van der Waals surface area contributed by atoms with Gasteiger partial charge in [0, 0.05) is 48.9 Å². The van der Waals surface area contributed by atoms with Gasteiger partial charge in [0.25, 0.3) is 0 Å². The van der Waals surface area contributed by atoms with Gasteiger partial charge in [0.1, 0.15) is 5.75 Å². The van der Waals surface area contributed by atoms with Crippen LogP contribution in [0.3, 0.4) is 0 Å². The summed E-state index contributed by atoms with van der Waals surface area (Å²) >= 11 is 5.93. The Morgan fingerprint density at radius 2 is 1.84 bits per heavy atom. The average Bonchev–Trinajstić information content (AvgIpc) is 3.15. The number of ether oxygens (including phenoxy) is 1. The average molecular weight is 539 g/mol. The fourth-order valence-corrected chi connectivity index (χ4v) is 4.54. The van der Waals surface area contributed by atoms with Crippen molar-refractivity contribution in [1.82, 2.24) is 9.47 Å². The van der Waals surface area contributed by atoms with Crippen LogP contribution in [0, 0.1) is 0 Å².